The van der Waals surface area contributed by atoms with E-state index in [0.717, 1.165) is 25.7 Å². The van der Waals surface area contributed by atoms with Gasteiger partial charge < -0.3 is 9.84 Å². The fourth-order valence-corrected chi connectivity index (χ4v) is 3.17. The maximum absolute atomic E-state index is 11.4. The minimum atomic E-state index is -0.127. The van der Waals surface area contributed by atoms with E-state index in [1.807, 2.05) is 0 Å². The van der Waals surface area contributed by atoms with Crippen molar-refractivity contribution in [1.82, 2.24) is 0 Å². The summed E-state index contributed by atoms with van der Waals surface area (Å²) in [6.45, 7) is 0. The highest BCUT2D eigenvalue weighted by atomic mass is 16.5. The van der Waals surface area contributed by atoms with E-state index in [1.165, 1.54) is 13.5 Å². The first-order chi connectivity index (χ1) is 6.69. The van der Waals surface area contributed by atoms with Crippen LogP contribution in [0.4, 0.5) is 0 Å². The number of rotatable bonds is 1. The molecule has 0 amide bonds. The lowest BCUT2D eigenvalue weighted by molar-refractivity contribution is -0.149. The Hall–Kier alpha value is -0.570. The second kappa shape index (κ2) is 3.89. The summed E-state index contributed by atoms with van der Waals surface area (Å²) in [4.78, 5) is 11.4. The molecule has 80 valence electrons. The molecule has 3 heteroatoms. The van der Waals surface area contributed by atoms with E-state index >= 15 is 0 Å². The van der Waals surface area contributed by atoms with Crippen molar-refractivity contribution in [3.05, 3.63) is 0 Å². The third-order valence-electron chi connectivity index (χ3n) is 3.65. The van der Waals surface area contributed by atoms with E-state index in [9.17, 15) is 9.90 Å². The van der Waals surface area contributed by atoms with Gasteiger partial charge in [0.1, 0.15) is 0 Å². The molecule has 2 saturated carbocycles. The summed E-state index contributed by atoms with van der Waals surface area (Å²) in [7, 11) is 1.46. The molecule has 0 radical (unpaired) electrons. The standard InChI is InChI=1S/C11H18O3/c1-14-11(13)9-3-7-2-8(4-9)6-10(12)5-7/h7-10,12H,2-6H2,1H3/t7-,8+,9?,10?. The Morgan fingerprint density at radius 1 is 1.14 bits per heavy atom. The number of carbonyl (C=O) groups excluding carboxylic acids is 1. The summed E-state index contributed by atoms with van der Waals surface area (Å²) in [6.07, 6.45) is 4.66. The van der Waals surface area contributed by atoms with Crippen LogP contribution in [0.15, 0.2) is 0 Å². The molecule has 0 aromatic carbocycles. The number of aliphatic hydroxyl groups excluding tert-OH is 1. The predicted octanol–water partition coefficient (Wildman–Crippen LogP) is 1.35. The van der Waals surface area contributed by atoms with Crippen molar-refractivity contribution in [3.63, 3.8) is 0 Å². The number of hydrogen-bond donors (Lipinski definition) is 1. The van der Waals surface area contributed by atoms with Gasteiger partial charge in [-0.1, -0.05) is 0 Å². The van der Waals surface area contributed by atoms with Crippen LogP contribution in [-0.4, -0.2) is 24.3 Å². The molecule has 0 aromatic rings. The molecular formula is C11H18O3. The summed E-state index contributed by atoms with van der Waals surface area (Å²) < 4.78 is 4.78. The first kappa shape index (κ1) is 9.97. The quantitative estimate of drug-likeness (QED) is 0.647. The van der Waals surface area contributed by atoms with Crippen LogP contribution in [0.1, 0.15) is 32.1 Å². The molecule has 1 N–H and O–H groups in total. The number of methoxy groups -OCH3 is 1. The highest BCUT2D eigenvalue weighted by Crippen LogP contribution is 2.42. The molecule has 0 heterocycles. The maximum Gasteiger partial charge on any atom is 0.308 e. The zero-order valence-electron chi connectivity index (χ0n) is 8.61. The molecule has 2 unspecified atom stereocenters. The molecule has 2 rings (SSSR count). The summed E-state index contributed by atoms with van der Waals surface area (Å²) in [6, 6.07) is 0. The first-order valence-corrected chi connectivity index (χ1v) is 5.45. The lowest BCUT2D eigenvalue weighted by atomic mass is 9.67. The van der Waals surface area contributed by atoms with Crippen LogP contribution in [0.3, 0.4) is 0 Å². The van der Waals surface area contributed by atoms with Crippen LogP contribution in [0.25, 0.3) is 0 Å². The van der Waals surface area contributed by atoms with E-state index in [2.05, 4.69) is 0 Å². The van der Waals surface area contributed by atoms with Gasteiger partial charge in [0, 0.05) is 0 Å². The fourth-order valence-electron chi connectivity index (χ4n) is 3.17. The minimum absolute atomic E-state index is 0.0592. The molecule has 4 atom stereocenters. The third-order valence-corrected chi connectivity index (χ3v) is 3.65. The highest BCUT2D eigenvalue weighted by Gasteiger charge is 2.38. The number of fused-ring (bicyclic) bond motifs is 2. The lowest BCUT2D eigenvalue weighted by Gasteiger charge is -2.39. The summed E-state index contributed by atoms with van der Waals surface area (Å²) >= 11 is 0. The van der Waals surface area contributed by atoms with Gasteiger partial charge >= 0.3 is 5.97 Å². The Morgan fingerprint density at radius 2 is 1.71 bits per heavy atom. The zero-order valence-corrected chi connectivity index (χ0v) is 8.61. The van der Waals surface area contributed by atoms with E-state index in [-0.39, 0.29) is 18.0 Å². The number of carbonyl (C=O) groups is 1. The molecule has 3 nitrogen and oxygen atoms in total. The van der Waals surface area contributed by atoms with Crippen molar-refractivity contribution in [1.29, 1.82) is 0 Å². The zero-order chi connectivity index (χ0) is 10.1. The molecular weight excluding hydrogens is 180 g/mol. The van der Waals surface area contributed by atoms with Crippen molar-refractivity contribution in [3.8, 4) is 0 Å². The maximum atomic E-state index is 11.4. The summed E-state index contributed by atoms with van der Waals surface area (Å²) in [5.41, 5.74) is 0. The van der Waals surface area contributed by atoms with Gasteiger partial charge in [-0.15, -0.1) is 0 Å². The Balaban J connectivity index is 1.98. The Labute approximate surface area is 84.4 Å². The smallest absolute Gasteiger partial charge is 0.308 e. The molecule has 0 aromatic heterocycles. The number of hydrogen-bond acceptors (Lipinski definition) is 3. The molecule has 14 heavy (non-hydrogen) atoms. The van der Waals surface area contributed by atoms with Crippen LogP contribution in [0.5, 0.6) is 0 Å². The van der Waals surface area contributed by atoms with Crippen molar-refractivity contribution in [2.45, 2.75) is 38.2 Å². The van der Waals surface area contributed by atoms with Crippen LogP contribution in [0, 0.1) is 17.8 Å². The van der Waals surface area contributed by atoms with Crippen LogP contribution < -0.4 is 0 Å². The Kier molecular flexibility index (Phi) is 2.77. The van der Waals surface area contributed by atoms with Crippen LogP contribution in [0.2, 0.25) is 0 Å². The topological polar surface area (TPSA) is 46.5 Å². The number of ether oxygens (including phenoxy) is 1. The van der Waals surface area contributed by atoms with Crippen molar-refractivity contribution in [2.24, 2.45) is 17.8 Å². The second-order valence-corrected chi connectivity index (χ2v) is 4.78. The molecule has 2 bridgehead atoms. The normalized spacial score (nSPS) is 41.9. The molecule has 0 aliphatic heterocycles. The van der Waals surface area contributed by atoms with E-state index in [4.69, 9.17) is 4.74 Å². The van der Waals surface area contributed by atoms with Gasteiger partial charge in [-0.05, 0) is 43.9 Å². The van der Waals surface area contributed by atoms with Crippen molar-refractivity contribution in [2.75, 3.05) is 7.11 Å². The van der Waals surface area contributed by atoms with Crippen LogP contribution in [-0.2, 0) is 9.53 Å². The summed E-state index contributed by atoms with van der Waals surface area (Å²) in [5, 5.41) is 9.58. The van der Waals surface area contributed by atoms with Gasteiger partial charge in [0.25, 0.3) is 0 Å². The first-order valence-electron chi connectivity index (χ1n) is 5.45. The van der Waals surface area contributed by atoms with Gasteiger partial charge in [-0.2, -0.15) is 0 Å². The average molecular weight is 198 g/mol. The third kappa shape index (κ3) is 1.92. The van der Waals surface area contributed by atoms with Gasteiger partial charge in [-0.3, -0.25) is 4.79 Å². The molecule has 2 aliphatic carbocycles. The lowest BCUT2D eigenvalue weighted by Crippen LogP contribution is -2.36. The number of esters is 1. The largest absolute Gasteiger partial charge is 0.469 e. The van der Waals surface area contributed by atoms with Crippen molar-refractivity contribution < 1.29 is 14.6 Å². The minimum Gasteiger partial charge on any atom is -0.469 e. The SMILES string of the molecule is COC(=O)C1C[C@H]2CC(O)C[C@@H](C1)C2. The van der Waals surface area contributed by atoms with Gasteiger partial charge in [0.15, 0.2) is 0 Å². The molecule has 2 aliphatic rings. The van der Waals surface area contributed by atoms with Gasteiger partial charge in [-0.25, -0.2) is 0 Å². The molecule has 0 spiro atoms. The van der Waals surface area contributed by atoms with Crippen molar-refractivity contribution >= 4 is 5.97 Å². The fraction of sp³-hybridized carbons (Fsp3) is 0.909. The second-order valence-electron chi connectivity index (χ2n) is 4.78. The van der Waals surface area contributed by atoms with Gasteiger partial charge in [0.05, 0.1) is 19.1 Å². The van der Waals surface area contributed by atoms with E-state index in [0.29, 0.717) is 11.8 Å². The van der Waals surface area contributed by atoms with Gasteiger partial charge in [0.2, 0.25) is 0 Å². The Morgan fingerprint density at radius 3 is 2.21 bits per heavy atom. The highest BCUT2D eigenvalue weighted by molar-refractivity contribution is 5.72. The Bertz CT molecular complexity index is 209. The summed E-state index contributed by atoms with van der Waals surface area (Å²) in [5.74, 6) is 1.12. The van der Waals surface area contributed by atoms with Crippen LogP contribution >= 0.6 is 0 Å². The average Bonchev–Trinajstić information content (AvgIpc) is 2.14. The van der Waals surface area contributed by atoms with E-state index < -0.39 is 0 Å². The molecule has 0 saturated heterocycles. The monoisotopic (exact) mass is 198 g/mol. The number of aliphatic hydroxyl groups is 1. The predicted molar refractivity (Wildman–Crippen MR) is 51.6 cm³/mol. The van der Waals surface area contributed by atoms with E-state index in [1.54, 1.807) is 0 Å². The molecule has 2 fully saturated rings.